The standard InChI is InChI=1S/C18H33N3O3/c1-4-7-10-13-22-16-17(23-14-11-8-5-2)19-21-20-18(16)24-15-12-9-6-3/h4-15H2,1-3H3. The maximum absolute atomic E-state index is 5.87. The molecule has 0 aliphatic carbocycles. The van der Waals surface area contributed by atoms with Crippen molar-refractivity contribution < 1.29 is 14.2 Å². The Morgan fingerprint density at radius 1 is 0.583 bits per heavy atom. The number of ether oxygens (including phenoxy) is 3. The Bertz CT molecular complexity index is 400. The van der Waals surface area contributed by atoms with Gasteiger partial charge < -0.3 is 14.2 Å². The van der Waals surface area contributed by atoms with E-state index in [2.05, 4.69) is 36.2 Å². The maximum Gasteiger partial charge on any atom is 0.284 e. The molecular formula is C18H33N3O3. The van der Waals surface area contributed by atoms with Crippen molar-refractivity contribution in [2.45, 2.75) is 78.6 Å². The molecule has 6 heteroatoms. The normalized spacial score (nSPS) is 10.6. The van der Waals surface area contributed by atoms with E-state index in [9.17, 15) is 0 Å². The van der Waals surface area contributed by atoms with Gasteiger partial charge in [-0.15, -0.1) is 0 Å². The molecule has 0 fully saturated rings. The third-order valence-corrected chi connectivity index (χ3v) is 3.63. The van der Waals surface area contributed by atoms with Crippen LogP contribution < -0.4 is 14.2 Å². The van der Waals surface area contributed by atoms with Crippen LogP contribution in [0, 0.1) is 0 Å². The van der Waals surface area contributed by atoms with Gasteiger partial charge in [-0.2, -0.15) is 0 Å². The van der Waals surface area contributed by atoms with Gasteiger partial charge in [-0.05, 0) is 24.5 Å². The van der Waals surface area contributed by atoms with Gasteiger partial charge in [0.2, 0.25) is 5.75 Å². The molecule has 0 atom stereocenters. The van der Waals surface area contributed by atoms with Crippen LogP contribution in [0.15, 0.2) is 0 Å². The highest BCUT2D eigenvalue weighted by Crippen LogP contribution is 2.33. The summed E-state index contributed by atoms with van der Waals surface area (Å²) < 4.78 is 17.4. The van der Waals surface area contributed by atoms with Crippen molar-refractivity contribution in [2.24, 2.45) is 0 Å². The van der Waals surface area contributed by atoms with Gasteiger partial charge >= 0.3 is 0 Å². The highest BCUT2D eigenvalue weighted by atomic mass is 16.5. The van der Waals surface area contributed by atoms with E-state index in [-0.39, 0.29) is 0 Å². The van der Waals surface area contributed by atoms with Crippen LogP contribution in [0.5, 0.6) is 17.5 Å². The average Bonchev–Trinajstić information content (AvgIpc) is 2.60. The summed E-state index contributed by atoms with van der Waals surface area (Å²) in [5, 5.41) is 11.7. The van der Waals surface area contributed by atoms with Crippen LogP contribution >= 0.6 is 0 Å². The second-order valence-electron chi connectivity index (χ2n) is 5.90. The first-order valence-corrected chi connectivity index (χ1v) is 9.45. The van der Waals surface area contributed by atoms with Crippen LogP contribution in [0.2, 0.25) is 0 Å². The number of aromatic nitrogens is 3. The monoisotopic (exact) mass is 339 g/mol. The maximum atomic E-state index is 5.87. The Hall–Kier alpha value is -1.59. The van der Waals surface area contributed by atoms with E-state index in [1.165, 1.54) is 0 Å². The van der Waals surface area contributed by atoms with Crippen molar-refractivity contribution in [1.29, 1.82) is 0 Å². The van der Waals surface area contributed by atoms with Gasteiger partial charge in [0.25, 0.3) is 11.8 Å². The predicted octanol–water partition coefficient (Wildman–Crippen LogP) is 4.58. The molecule has 0 spiro atoms. The third-order valence-electron chi connectivity index (χ3n) is 3.63. The average molecular weight is 339 g/mol. The molecule has 0 N–H and O–H groups in total. The molecule has 1 rings (SSSR count). The summed E-state index contributed by atoms with van der Waals surface area (Å²) in [5.41, 5.74) is 0. The lowest BCUT2D eigenvalue weighted by Crippen LogP contribution is -2.09. The number of rotatable bonds is 15. The van der Waals surface area contributed by atoms with Gasteiger partial charge in [0.1, 0.15) is 0 Å². The zero-order valence-corrected chi connectivity index (χ0v) is 15.6. The molecule has 1 aromatic rings. The molecule has 0 saturated heterocycles. The molecule has 24 heavy (non-hydrogen) atoms. The molecule has 0 radical (unpaired) electrons. The van der Waals surface area contributed by atoms with Crippen LogP contribution in [-0.2, 0) is 0 Å². The second kappa shape index (κ2) is 13.8. The lowest BCUT2D eigenvalue weighted by Gasteiger charge is -2.14. The summed E-state index contributed by atoms with van der Waals surface area (Å²) >= 11 is 0. The lowest BCUT2D eigenvalue weighted by atomic mass is 10.3. The van der Waals surface area contributed by atoms with Crippen LogP contribution in [0.4, 0.5) is 0 Å². The van der Waals surface area contributed by atoms with Crippen LogP contribution in [0.25, 0.3) is 0 Å². The van der Waals surface area contributed by atoms with E-state index < -0.39 is 0 Å². The Labute approximate surface area is 146 Å². The summed E-state index contributed by atoms with van der Waals surface area (Å²) in [6, 6.07) is 0. The molecule has 0 aromatic carbocycles. The van der Waals surface area contributed by atoms with Crippen molar-refractivity contribution in [3.63, 3.8) is 0 Å². The van der Waals surface area contributed by atoms with E-state index in [4.69, 9.17) is 14.2 Å². The van der Waals surface area contributed by atoms with Crippen LogP contribution in [0.3, 0.4) is 0 Å². The molecule has 0 unspecified atom stereocenters. The first-order valence-electron chi connectivity index (χ1n) is 9.45. The Morgan fingerprint density at radius 3 is 1.42 bits per heavy atom. The molecule has 0 aliphatic rings. The summed E-state index contributed by atoms with van der Waals surface area (Å²) in [6.45, 7) is 8.31. The summed E-state index contributed by atoms with van der Waals surface area (Å²) in [5.74, 6) is 1.28. The minimum Gasteiger partial charge on any atom is -0.484 e. The van der Waals surface area contributed by atoms with Crippen LogP contribution in [0.1, 0.15) is 78.6 Å². The Balaban J connectivity index is 2.67. The molecular weight excluding hydrogens is 306 g/mol. The Morgan fingerprint density at radius 2 is 1.00 bits per heavy atom. The number of nitrogens with zero attached hydrogens (tertiary/aromatic N) is 3. The van der Waals surface area contributed by atoms with E-state index in [0.717, 1.165) is 57.8 Å². The number of hydrogen-bond acceptors (Lipinski definition) is 6. The van der Waals surface area contributed by atoms with Crippen LogP contribution in [-0.4, -0.2) is 35.2 Å². The molecule has 0 bridgehead atoms. The molecule has 1 aromatic heterocycles. The molecule has 138 valence electrons. The molecule has 0 saturated carbocycles. The van der Waals surface area contributed by atoms with E-state index in [1.807, 2.05) is 0 Å². The minimum absolute atomic E-state index is 0.392. The highest BCUT2D eigenvalue weighted by Gasteiger charge is 2.17. The van der Waals surface area contributed by atoms with Crippen molar-refractivity contribution in [3.8, 4) is 17.5 Å². The highest BCUT2D eigenvalue weighted by molar-refractivity contribution is 5.40. The first-order chi connectivity index (χ1) is 11.8. The lowest BCUT2D eigenvalue weighted by molar-refractivity contribution is 0.217. The zero-order valence-electron chi connectivity index (χ0n) is 15.6. The first kappa shape index (κ1) is 20.5. The van der Waals surface area contributed by atoms with Gasteiger partial charge in [-0.3, -0.25) is 0 Å². The van der Waals surface area contributed by atoms with Crippen molar-refractivity contribution in [3.05, 3.63) is 0 Å². The van der Waals surface area contributed by atoms with Crippen molar-refractivity contribution in [1.82, 2.24) is 15.4 Å². The number of hydrogen-bond donors (Lipinski definition) is 0. The fraction of sp³-hybridized carbons (Fsp3) is 0.833. The van der Waals surface area contributed by atoms with Crippen molar-refractivity contribution >= 4 is 0 Å². The Kier molecular flexibility index (Phi) is 11.8. The van der Waals surface area contributed by atoms with Gasteiger partial charge in [0.05, 0.1) is 19.8 Å². The zero-order chi connectivity index (χ0) is 17.5. The summed E-state index contributed by atoms with van der Waals surface area (Å²) in [7, 11) is 0. The van der Waals surface area contributed by atoms with Crippen molar-refractivity contribution in [2.75, 3.05) is 19.8 Å². The minimum atomic E-state index is 0.392. The van der Waals surface area contributed by atoms with Gasteiger partial charge in [-0.1, -0.05) is 69.5 Å². The van der Waals surface area contributed by atoms with E-state index in [1.54, 1.807) is 0 Å². The molecule has 0 amide bonds. The third kappa shape index (κ3) is 8.31. The predicted molar refractivity (Wildman–Crippen MR) is 94.9 cm³/mol. The van der Waals surface area contributed by atoms with Gasteiger partial charge in [0.15, 0.2) is 0 Å². The molecule has 1 heterocycles. The fourth-order valence-electron chi connectivity index (χ4n) is 2.17. The SMILES string of the molecule is CCCCCOc1nnnc(OCCCCC)c1OCCCCC. The van der Waals surface area contributed by atoms with Gasteiger partial charge in [-0.25, -0.2) is 0 Å². The van der Waals surface area contributed by atoms with E-state index >= 15 is 0 Å². The molecule has 6 nitrogen and oxygen atoms in total. The van der Waals surface area contributed by atoms with Gasteiger partial charge in [0, 0.05) is 0 Å². The topological polar surface area (TPSA) is 66.4 Å². The quantitative estimate of drug-likeness (QED) is 0.436. The second-order valence-corrected chi connectivity index (χ2v) is 5.90. The fourth-order valence-corrected chi connectivity index (χ4v) is 2.17. The van der Waals surface area contributed by atoms with E-state index in [0.29, 0.717) is 37.3 Å². The smallest absolute Gasteiger partial charge is 0.284 e. The molecule has 0 aliphatic heterocycles. The summed E-state index contributed by atoms with van der Waals surface area (Å²) in [6.07, 6.45) is 9.81. The number of unbranched alkanes of at least 4 members (excludes halogenated alkanes) is 6. The largest absolute Gasteiger partial charge is 0.484 e. The summed E-state index contributed by atoms with van der Waals surface area (Å²) in [4.78, 5) is 0.